The van der Waals surface area contributed by atoms with Crippen LogP contribution in [0.5, 0.6) is 0 Å². The molecule has 2 rings (SSSR count). The van der Waals surface area contributed by atoms with Gasteiger partial charge in [0, 0.05) is 6.04 Å². The van der Waals surface area contributed by atoms with E-state index in [4.69, 9.17) is 0 Å². The molecule has 0 spiro atoms. The predicted molar refractivity (Wildman–Crippen MR) is 83.4 cm³/mol. The Morgan fingerprint density at radius 1 is 1.19 bits per heavy atom. The second kappa shape index (κ2) is 6.41. The summed E-state index contributed by atoms with van der Waals surface area (Å²) in [7, 11) is -3.55. The van der Waals surface area contributed by atoms with Crippen LogP contribution >= 0.6 is 11.3 Å². The summed E-state index contributed by atoms with van der Waals surface area (Å²) in [5, 5.41) is 2.83. The van der Waals surface area contributed by atoms with Crippen LogP contribution in [0.3, 0.4) is 0 Å². The lowest BCUT2D eigenvalue weighted by Gasteiger charge is -2.09. The number of hydrogen-bond donors (Lipinski definition) is 1. The monoisotopic (exact) mass is 323 g/mol. The van der Waals surface area contributed by atoms with Gasteiger partial charge in [-0.15, -0.1) is 11.3 Å². The molecular weight excluding hydrogens is 306 g/mol. The SMILES string of the molecule is CCC(C)NC(=O)c1ccc(S(=O)(=O)c2ccccc2)s1. The average molecular weight is 323 g/mol. The number of sulfone groups is 1. The number of benzene rings is 1. The van der Waals surface area contributed by atoms with E-state index in [-0.39, 0.29) is 21.1 Å². The van der Waals surface area contributed by atoms with Gasteiger partial charge in [0.15, 0.2) is 0 Å². The molecule has 1 N–H and O–H groups in total. The van der Waals surface area contributed by atoms with Crippen LogP contribution in [0.15, 0.2) is 51.6 Å². The Hall–Kier alpha value is -1.66. The van der Waals surface area contributed by atoms with E-state index in [2.05, 4.69) is 5.32 Å². The summed E-state index contributed by atoms with van der Waals surface area (Å²) in [6.07, 6.45) is 0.826. The Labute approximate surface area is 128 Å². The maximum atomic E-state index is 12.4. The molecule has 1 amide bonds. The largest absolute Gasteiger partial charge is 0.349 e. The molecular formula is C15H17NO3S2. The fourth-order valence-electron chi connectivity index (χ4n) is 1.70. The number of thiophene rings is 1. The van der Waals surface area contributed by atoms with E-state index in [9.17, 15) is 13.2 Å². The summed E-state index contributed by atoms with van der Waals surface area (Å²) in [6, 6.07) is 11.3. The molecule has 0 aliphatic heterocycles. The second-order valence-corrected chi connectivity index (χ2v) is 7.98. The lowest BCUT2D eigenvalue weighted by molar-refractivity contribution is 0.0943. The molecule has 0 bridgehead atoms. The molecule has 0 saturated heterocycles. The zero-order chi connectivity index (χ0) is 15.5. The van der Waals surface area contributed by atoms with Gasteiger partial charge in [-0.25, -0.2) is 8.42 Å². The first-order valence-electron chi connectivity index (χ1n) is 6.66. The molecule has 112 valence electrons. The quantitative estimate of drug-likeness (QED) is 0.919. The molecule has 0 saturated carbocycles. The lowest BCUT2D eigenvalue weighted by Crippen LogP contribution is -2.31. The minimum atomic E-state index is -3.55. The van der Waals surface area contributed by atoms with Crippen LogP contribution in [0.1, 0.15) is 29.9 Å². The van der Waals surface area contributed by atoms with Crippen molar-refractivity contribution in [2.75, 3.05) is 0 Å². The highest BCUT2D eigenvalue weighted by atomic mass is 32.2. The van der Waals surface area contributed by atoms with Gasteiger partial charge in [-0.3, -0.25) is 4.79 Å². The Morgan fingerprint density at radius 2 is 1.86 bits per heavy atom. The van der Waals surface area contributed by atoms with Gasteiger partial charge >= 0.3 is 0 Å². The van der Waals surface area contributed by atoms with Crippen LogP contribution in [0.4, 0.5) is 0 Å². The van der Waals surface area contributed by atoms with E-state index in [1.165, 1.54) is 6.07 Å². The summed E-state index contributed by atoms with van der Waals surface area (Å²) >= 11 is 0.995. The van der Waals surface area contributed by atoms with Gasteiger partial charge < -0.3 is 5.32 Å². The third kappa shape index (κ3) is 3.51. The van der Waals surface area contributed by atoms with Gasteiger partial charge in [0.1, 0.15) is 4.21 Å². The maximum absolute atomic E-state index is 12.4. The number of rotatable bonds is 5. The zero-order valence-corrected chi connectivity index (χ0v) is 13.5. The molecule has 0 aliphatic rings. The van der Waals surface area contributed by atoms with Crippen molar-refractivity contribution in [2.24, 2.45) is 0 Å². The number of carbonyl (C=O) groups excluding carboxylic acids is 1. The van der Waals surface area contributed by atoms with Gasteiger partial charge in [0.05, 0.1) is 9.77 Å². The third-order valence-electron chi connectivity index (χ3n) is 3.11. The summed E-state index contributed by atoms with van der Waals surface area (Å²) in [5.41, 5.74) is 0. The van der Waals surface area contributed by atoms with Crippen molar-refractivity contribution in [1.29, 1.82) is 0 Å². The molecule has 1 atom stereocenters. The maximum Gasteiger partial charge on any atom is 0.261 e. The summed E-state index contributed by atoms with van der Waals surface area (Å²) in [4.78, 5) is 12.6. The third-order valence-corrected chi connectivity index (χ3v) is 6.46. The average Bonchev–Trinajstić information content (AvgIpc) is 2.98. The number of nitrogens with one attached hydrogen (secondary N) is 1. The zero-order valence-electron chi connectivity index (χ0n) is 11.9. The smallest absolute Gasteiger partial charge is 0.261 e. The fraction of sp³-hybridized carbons (Fsp3) is 0.267. The van der Waals surface area contributed by atoms with E-state index in [0.29, 0.717) is 4.88 Å². The first kappa shape index (κ1) is 15.7. The number of amides is 1. The molecule has 6 heteroatoms. The molecule has 21 heavy (non-hydrogen) atoms. The first-order valence-corrected chi connectivity index (χ1v) is 8.96. The van der Waals surface area contributed by atoms with Crippen molar-refractivity contribution in [1.82, 2.24) is 5.32 Å². The molecule has 4 nitrogen and oxygen atoms in total. The van der Waals surface area contributed by atoms with Crippen LogP contribution in [-0.2, 0) is 9.84 Å². The van der Waals surface area contributed by atoms with Gasteiger partial charge in [-0.05, 0) is 37.6 Å². The molecule has 1 unspecified atom stereocenters. The van der Waals surface area contributed by atoms with Gasteiger partial charge in [-0.1, -0.05) is 25.1 Å². The van der Waals surface area contributed by atoms with Crippen LogP contribution < -0.4 is 5.32 Å². The number of hydrogen-bond acceptors (Lipinski definition) is 4. The Balaban J connectivity index is 2.26. The number of carbonyl (C=O) groups is 1. The van der Waals surface area contributed by atoms with Crippen molar-refractivity contribution in [2.45, 2.75) is 35.4 Å². The molecule has 1 aromatic carbocycles. The Morgan fingerprint density at radius 3 is 2.48 bits per heavy atom. The molecule has 0 radical (unpaired) electrons. The molecule has 0 aliphatic carbocycles. The van der Waals surface area contributed by atoms with Crippen LogP contribution in [0.2, 0.25) is 0 Å². The minimum Gasteiger partial charge on any atom is -0.349 e. The molecule has 2 aromatic rings. The summed E-state index contributed by atoms with van der Waals surface area (Å²) < 4.78 is 25.0. The highest BCUT2D eigenvalue weighted by molar-refractivity contribution is 7.93. The van der Waals surface area contributed by atoms with E-state index < -0.39 is 9.84 Å². The van der Waals surface area contributed by atoms with Crippen LogP contribution in [-0.4, -0.2) is 20.4 Å². The Bertz CT molecular complexity index is 720. The predicted octanol–water partition coefficient (Wildman–Crippen LogP) is 3.11. The van der Waals surface area contributed by atoms with Crippen molar-refractivity contribution in [3.05, 3.63) is 47.3 Å². The summed E-state index contributed by atoms with van der Waals surface area (Å²) in [5.74, 6) is -0.233. The van der Waals surface area contributed by atoms with Gasteiger partial charge in [0.25, 0.3) is 5.91 Å². The fourth-order valence-corrected chi connectivity index (χ4v) is 4.33. The van der Waals surface area contributed by atoms with E-state index in [1.807, 2.05) is 13.8 Å². The van der Waals surface area contributed by atoms with E-state index in [1.54, 1.807) is 36.4 Å². The molecule has 1 aromatic heterocycles. The second-order valence-electron chi connectivity index (χ2n) is 4.72. The highest BCUT2D eigenvalue weighted by Gasteiger charge is 2.21. The Kier molecular flexibility index (Phi) is 4.80. The van der Waals surface area contributed by atoms with Crippen LogP contribution in [0.25, 0.3) is 0 Å². The summed E-state index contributed by atoms with van der Waals surface area (Å²) in [6.45, 7) is 3.89. The normalized spacial score (nSPS) is 12.9. The van der Waals surface area contributed by atoms with Crippen molar-refractivity contribution in [3.63, 3.8) is 0 Å². The van der Waals surface area contributed by atoms with Crippen LogP contribution in [0, 0.1) is 0 Å². The lowest BCUT2D eigenvalue weighted by atomic mass is 10.2. The van der Waals surface area contributed by atoms with Crippen molar-refractivity contribution < 1.29 is 13.2 Å². The molecule has 0 fully saturated rings. The van der Waals surface area contributed by atoms with E-state index in [0.717, 1.165) is 17.8 Å². The van der Waals surface area contributed by atoms with Crippen molar-refractivity contribution in [3.8, 4) is 0 Å². The van der Waals surface area contributed by atoms with E-state index >= 15 is 0 Å². The standard InChI is InChI=1S/C15H17NO3S2/c1-3-11(2)16-15(17)13-9-10-14(20-13)21(18,19)12-7-5-4-6-8-12/h4-11H,3H2,1-2H3,(H,16,17). The van der Waals surface area contributed by atoms with Crippen molar-refractivity contribution >= 4 is 27.1 Å². The molecule has 1 heterocycles. The first-order chi connectivity index (χ1) is 9.95. The topological polar surface area (TPSA) is 63.2 Å². The van der Waals surface area contributed by atoms with Gasteiger partial charge in [-0.2, -0.15) is 0 Å². The van der Waals surface area contributed by atoms with Gasteiger partial charge in [0.2, 0.25) is 9.84 Å². The minimum absolute atomic E-state index is 0.0637. The highest BCUT2D eigenvalue weighted by Crippen LogP contribution is 2.27.